The molecule has 3 rings (SSSR count). The van der Waals surface area contributed by atoms with Crippen LogP contribution in [0.15, 0.2) is 35.5 Å². The Balaban J connectivity index is 2.17. The van der Waals surface area contributed by atoms with Crippen molar-refractivity contribution in [2.75, 3.05) is 6.54 Å². The van der Waals surface area contributed by atoms with Crippen molar-refractivity contribution in [1.29, 1.82) is 0 Å². The monoisotopic (exact) mass is 318 g/mol. The van der Waals surface area contributed by atoms with Crippen molar-refractivity contribution >= 4 is 20.8 Å². The molecule has 0 aliphatic carbocycles. The van der Waals surface area contributed by atoms with Crippen molar-refractivity contribution < 1.29 is 8.42 Å². The maximum atomic E-state index is 13.2. The summed E-state index contributed by atoms with van der Waals surface area (Å²) in [6.07, 6.45) is 7.54. The molecular formula is C17H22N2O2S. The van der Waals surface area contributed by atoms with Gasteiger partial charge in [0.1, 0.15) is 0 Å². The number of rotatable bonds is 2. The smallest absolute Gasteiger partial charge is 0.243 e. The fourth-order valence-electron chi connectivity index (χ4n) is 3.32. The maximum absolute atomic E-state index is 13.2. The van der Waals surface area contributed by atoms with Gasteiger partial charge in [-0.3, -0.25) is 4.98 Å². The Labute approximate surface area is 132 Å². The zero-order valence-corrected chi connectivity index (χ0v) is 13.9. The highest BCUT2D eigenvalue weighted by Gasteiger charge is 2.31. The van der Waals surface area contributed by atoms with Crippen molar-refractivity contribution in [3.05, 3.63) is 36.2 Å². The minimum Gasteiger partial charge on any atom is -0.264 e. The molecule has 0 spiro atoms. The molecule has 0 N–H and O–H groups in total. The third-order valence-electron chi connectivity index (χ3n) is 4.51. The SMILES string of the molecule is Cc1cncc2cccc(S(=O)(=O)N3CCCCC[C@H]3C)c12. The van der Waals surface area contributed by atoms with E-state index in [9.17, 15) is 8.42 Å². The number of pyridine rings is 1. The van der Waals surface area contributed by atoms with Gasteiger partial charge in [0, 0.05) is 35.8 Å². The summed E-state index contributed by atoms with van der Waals surface area (Å²) in [6.45, 7) is 4.55. The van der Waals surface area contributed by atoms with Gasteiger partial charge in [-0.05, 0) is 38.3 Å². The first-order valence-electron chi connectivity index (χ1n) is 7.87. The van der Waals surface area contributed by atoms with Crippen molar-refractivity contribution in [3.8, 4) is 0 Å². The summed E-state index contributed by atoms with van der Waals surface area (Å²) in [4.78, 5) is 4.59. The van der Waals surface area contributed by atoms with Crippen molar-refractivity contribution in [3.63, 3.8) is 0 Å². The lowest BCUT2D eigenvalue weighted by Crippen LogP contribution is -2.38. The molecule has 118 valence electrons. The summed E-state index contributed by atoms with van der Waals surface area (Å²) in [5, 5.41) is 1.68. The number of hydrogen-bond acceptors (Lipinski definition) is 3. The fraction of sp³-hybridized carbons (Fsp3) is 0.471. The van der Waals surface area contributed by atoms with Crippen LogP contribution in [-0.2, 0) is 10.0 Å². The van der Waals surface area contributed by atoms with Crippen LogP contribution >= 0.6 is 0 Å². The van der Waals surface area contributed by atoms with Crippen LogP contribution in [0.4, 0.5) is 0 Å². The molecule has 22 heavy (non-hydrogen) atoms. The molecule has 2 heterocycles. The van der Waals surface area contributed by atoms with E-state index in [1.807, 2.05) is 19.9 Å². The van der Waals surface area contributed by atoms with E-state index >= 15 is 0 Å². The van der Waals surface area contributed by atoms with E-state index in [4.69, 9.17) is 0 Å². The van der Waals surface area contributed by atoms with E-state index < -0.39 is 10.0 Å². The van der Waals surface area contributed by atoms with Crippen molar-refractivity contribution in [1.82, 2.24) is 9.29 Å². The van der Waals surface area contributed by atoms with E-state index in [0.29, 0.717) is 11.4 Å². The maximum Gasteiger partial charge on any atom is 0.243 e. The lowest BCUT2D eigenvalue weighted by atomic mass is 10.1. The second-order valence-electron chi connectivity index (χ2n) is 6.12. The Bertz CT molecular complexity index is 781. The topological polar surface area (TPSA) is 50.3 Å². The average molecular weight is 318 g/mol. The third kappa shape index (κ3) is 2.63. The Morgan fingerprint density at radius 2 is 2.00 bits per heavy atom. The van der Waals surface area contributed by atoms with E-state index in [0.717, 1.165) is 42.0 Å². The minimum absolute atomic E-state index is 0.0601. The van der Waals surface area contributed by atoms with Gasteiger partial charge in [0.25, 0.3) is 0 Å². The van der Waals surface area contributed by atoms with Gasteiger partial charge in [0.15, 0.2) is 0 Å². The van der Waals surface area contributed by atoms with Crippen molar-refractivity contribution in [2.45, 2.75) is 50.5 Å². The van der Waals surface area contributed by atoms with Crippen LogP contribution in [0.25, 0.3) is 10.8 Å². The summed E-state index contributed by atoms with van der Waals surface area (Å²) in [5.41, 5.74) is 0.902. The molecule has 1 aliphatic rings. The quantitative estimate of drug-likeness (QED) is 0.851. The molecule has 0 unspecified atom stereocenters. The number of hydrogen-bond donors (Lipinski definition) is 0. The van der Waals surface area contributed by atoms with Crippen LogP contribution in [0.5, 0.6) is 0 Å². The largest absolute Gasteiger partial charge is 0.264 e. The molecule has 1 atom stereocenters. The Hall–Kier alpha value is -1.46. The van der Waals surface area contributed by atoms with Gasteiger partial charge in [-0.25, -0.2) is 8.42 Å². The highest BCUT2D eigenvalue weighted by molar-refractivity contribution is 7.89. The number of sulfonamides is 1. The molecule has 0 saturated carbocycles. The molecule has 1 aromatic heterocycles. The summed E-state index contributed by atoms with van der Waals surface area (Å²) in [6, 6.07) is 5.51. The van der Waals surface area contributed by atoms with E-state index in [2.05, 4.69) is 4.98 Å². The van der Waals surface area contributed by atoms with E-state index in [1.165, 1.54) is 0 Å². The number of benzene rings is 1. The van der Waals surface area contributed by atoms with Crippen LogP contribution in [-0.4, -0.2) is 30.3 Å². The number of aryl methyl sites for hydroxylation is 1. The normalized spacial score (nSPS) is 20.9. The highest BCUT2D eigenvalue weighted by Crippen LogP contribution is 2.30. The Kier molecular flexibility index (Phi) is 4.19. The van der Waals surface area contributed by atoms with Gasteiger partial charge in [0.2, 0.25) is 10.0 Å². The number of fused-ring (bicyclic) bond motifs is 1. The minimum atomic E-state index is -3.48. The van der Waals surface area contributed by atoms with E-state index in [1.54, 1.807) is 28.8 Å². The first kappa shape index (κ1) is 15.4. The van der Waals surface area contributed by atoms with Gasteiger partial charge < -0.3 is 0 Å². The predicted molar refractivity (Wildman–Crippen MR) is 88.3 cm³/mol. The van der Waals surface area contributed by atoms with E-state index in [-0.39, 0.29) is 6.04 Å². The molecule has 0 bridgehead atoms. The molecule has 2 aromatic rings. The van der Waals surface area contributed by atoms with Gasteiger partial charge in [-0.15, -0.1) is 0 Å². The molecule has 1 saturated heterocycles. The Morgan fingerprint density at radius 3 is 2.82 bits per heavy atom. The molecule has 1 aliphatic heterocycles. The average Bonchev–Trinajstić information content (AvgIpc) is 2.72. The number of aromatic nitrogens is 1. The van der Waals surface area contributed by atoms with Crippen molar-refractivity contribution in [2.24, 2.45) is 0 Å². The summed E-state index contributed by atoms with van der Waals surface area (Å²) >= 11 is 0. The second kappa shape index (κ2) is 5.97. The zero-order valence-electron chi connectivity index (χ0n) is 13.1. The number of nitrogens with zero attached hydrogens (tertiary/aromatic N) is 2. The predicted octanol–water partition coefficient (Wildman–Crippen LogP) is 3.50. The van der Waals surface area contributed by atoms with Crippen LogP contribution in [0.1, 0.15) is 38.2 Å². The molecule has 0 amide bonds. The summed E-state index contributed by atoms with van der Waals surface area (Å²) < 4.78 is 28.1. The first-order valence-corrected chi connectivity index (χ1v) is 9.31. The lowest BCUT2D eigenvalue weighted by molar-refractivity contribution is 0.342. The van der Waals surface area contributed by atoms with Crippen LogP contribution < -0.4 is 0 Å². The zero-order chi connectivity index (χ0) is 15.7. The van der Waals surface area contributed by atoms with Crippen LogP contribution in [0.3, 0.4) is 0 Å². The van der Waals surface area contributed by atoms with Gasteiger partial charge >= 0.3 is 0 Å². The summed E-state index contributed by atoms with van der Waals surface area (Å²) in [7, 11) is -3.48. The Morgan fingerprint density at radius 1 is 1.18 bits per heavy atom. The third-order valence-corrected chi connectivity index (χ3v) is 6.57. The molecule has 5 heteroatoms. The molecular weight excluding hydrogens is 296 g/mol. The molecule has 1 fully saturated rings. The summed E-state index contributed by atoms with van der Waals surface area (Å²) in [5.74, 6) is 0. The standard InChI is InChI=1S/C17H22N2O2S/c1-13-11-18-12-15-8-6-9-16(17(13)15)22(20,21)19-10-5-3-4-7-14(19)2/h6,8-9,11-12,14H,3-5,7,10H2,1-2H3/t14-/m1/s1. The highest BCUT2D eigenvalue weighted by atomic mass is 32.2. The molecule has 0 radical (unpaired) electrons. The first-order chi connectivity index (χ1) is 10.5. The lowest BCUT2D eigenvalue weighted by Gasteiger charge is -2.27. The van der Waals surface area contributed by atoms with Gasteiger partial charge in [0.05, 0.1) is 4.90 Å². The molecule has 4 nitrogen and oxygen atoms in total. The van der Waals surface area contributed by atoms with Gasteiger partial charge in [-0.1, -0.05) is 25.0 Å². The van der Waals surface area contributed by atoms with Crippen LogP contribution in [0, 0.1) is 6.92 Å². The molecule has 1 aromatic carbocycles. The fourth-order valence-corrected chi connectivity index (χ4v) is 5.31. The van der Waals surface area contributed by atoms with Crippen LogP contribution in [0.2, 0.25) is 0 Å². The van der Waals surface area contributed by atoms with Gasteiger partial charge in [-0.2, -0.15) is 4.31 Å². The second-order valence-corrected chi connectivity index (χ2v) is 7.98.